The van der Waals surface area contributed by atoms with Gasteiger partial charge in [0.1, 0.15) is 23.1 Å². The molecule has 116 valence electrons. The molecule has 0 atom stereocenters. The van der Waals surface area contributed by atoms with E-state index in [0.717, 1.165) is 24.1 Å². The second-order valence-electron chi connectivity index (χ2n) is 4.48. The summed E-state index contributed by atoms with van der Waals surface area (Å²) in [7, 11) is 0. The Morgan fingerprint density at radius 1 is 1.09 bits per heavy atom. The van der Waals surface area contributed by atoms with Crippen molar-refractivity contribution in [1.29, 1.82) is 0 Å². The molecule has 6 heteroatoms. The Kier molecular flexibility index (Phi) is 5.30. The van der Waals surface area contributed by atoms with Crippen molar-refractivity contribution in [1.82, 2.24) is 5.32 Å². The molecule has 22 heavy (non-hydrogen) atoms. The smallest absolute Gasteiger partial charge is 0.322 e. The lowest BCUT2D eigenvalue weighted by molar-refractivity contribution is 0.234. The Labute approximate surface area is 127 Å². The average molecular weight is 306 g/mol. The van der Waals surface area contributed by atoms with Gasteiger partial charge < -0.3 is 15.4 Å². The largest absolute Gasteiger partial charge is 0.473 e. The van der Waals surface area contributed by atoms with E-state index in [1.54, 1.807) is 6.07 Å². The summed E-state index contributed by atoms with van der Waals surface area (Å²) in [5.41, 5.74) is 0.513. The van der Waals surface area contributed by atoms with Gasteiger partial charge in [-0.25, -0.2) is 13.6 Å². The number of amides is 2. The van der Waals surface area contributed by atoms with Crippen LogP contribution in [0.2, 0.25) is 0 Å². The molecule has 2 amide bonds. The highest BCUT2D eigenvalue weighted by atomic mass is 19.1. The lowest BCUT2D eigenvalue weighted by Gasteiger charge is -2.12. The number of hydrogen-bond donors (Lipinski definition) is 2. The van der Waals surface area contributed by atoms with Crippen LogP contribution >= 0.6 is 0 Å². The van der Waals surface area contributed by atoms with Crippen LogP contribution in [0, 0.1) is 11.6 Å². The van der Waals surface area contributed by atoms with Gasteiger partial charge in [0.15, 0.2) is 6.73 Å². The molecule has 0 aromatic heterocycles. The number of carbonyl (C=O) groups is 1. The predicted octanol–water partition coefficient (Wildman–Crippen LogP) is 3.69. The number of ether oxygens (including phenoxy) is 1. The van der Waals surface area contributed by atoms with Gasteiger partial charge in [-0.15, -0.1) is 0 Å². The van der Waals surface area contributed by atoms with Gasteiger partial charge in [0.25, 0.3) is 0 Å². The van der Waals surface area contributed by atoms with Crippen LogP contribution in [0.4, 0.5) is 19.3 Å². The van der Waals surface area contributed by atoms with E-state index in [4.69, 9.17) is 4.74 Å². The van der Waals surface area contributed by atoms with Crippen molar-refractivity contribution in [2.75, 3.05) is 12.0 Å². The lowest BCUT2D eigenvalue weighted by Crippen LogP contribution is -2.32. The van der Waals surface area contributed by atoms with Crippen molar-refractivity contribution in [2.24, 2.45) is 0 Å². The van der Waals surface area contributed by atoms with Crippen LogP contribution in [0.1, 0.15) is 12.5 Å². The van der Waals surface area contributed by atoms with Crippen LogP contribution in [0.25, 0.3) is 0 Å². The van der Waals surface area contributed by atoms with Gasteiger partial charge in [0, 0.05) is 0 Å². The van der Waals surface area contributed by atoms with Gasteiger partial charge in [0.05, 0.1) is 0 Å². The number of halogens is 2. The molecule has 2 aromatic carbocycles. The normalized spacial score (nSPS) is 10.1. The Morgan fingerprint density at radius 3 is 2.45 bits per heavy atom. The topological polar surface area (TPSA) is 50.4 Å². The van der Waals surface area contributed by atoms with Gasteiger partial charge in [0.2, 0.25) is 0 Å². The molecule has 0 unspecified atom stereocenters. The Balaban J connectivity index is 1.88. The van der Waals surface area contributed by atoms with Gasteiger partial charge in [-0.3, -0.25) is 0 Å². The first-order valence-electron chi connectivity index (χ1n) is 6.81. The molecule has 4 nitrogen and oxygen atoms in total. The third-order valence-electron chi connectivity index (χ3n) is 3.02. The Hall–Kier alpha value is -2.63. The molecule has 0 saturated carbocycles. The second-order valence-corrected chi connectivity index (χ2v) is 4.48. The quantitative estimate of drug-likeness (QED) is 0.828. The number of aryl methyl sites for hydroxylation is 1. The monoisotopic (exact) mass is 306 g/mol. The third kappa shape index (κ3) is 3.94. The van der Waals surface area contributed by atoms with Crippen LogP contribution in [-0.4, -0.2) is 12.8 Å². The average Bonchev–Trinajstić information content (AvgIpc) is 2.51. The molecule has 0 radical (unpaired) electrons. The summed E-state index contributed by atoms with van der Waals surface area (Å²) in [6.07, 6.45) is 0.794. The van der Waals surface area contributed by atoms with E-state index in [2.05, 4.69) is 10.6 Å². The van der Waals surface area contributed by atoms with Gasteiger partial charge in [-0.1, -0.05) is 31.2 Å². The number of para-hydroxylation sites is 2. The highest BCUT2D eigenvalue weighted by Gasteiger charge is 2.11. The molecule has 0 aliphatic rings. The highest BCUT2D eigenvalue weighted by molar-refractivity contribution is 5.89. The summed E-state index contributed by atoms with van der Waals surface area (Å²) in [5, 5.41) is 4.49. The molecule has 0 saturated heterocycles. The second kappa shape index (κ2) is 7.40. The van der Waals surface area contributed by atoms with Crippen LogP contribution in [-0.2, 0) is 6.42 Å². The first-order chi connectivity index (χ1) is 10.6. The molecule has 2 aromatic rings. The van der Waals surface area contributed by atoms with Crippen molar-refractivity contribution in [3.05, 3.63) is 59.7 Å². The zero-order chi connectivity index (χ0) is 15.9. The number of carbonyl (C=O) groups excluding carboxylic acids is 1. The van der Waals surface area contributed by atoms with E-state index in [0.29, 0.717) is 5.75 Å². The van der Waals surface area contributed by atoms with Gasteiger partial charge in [-0.2, -0.15) is 0 Å². The van der Waals surface area contributed by atoms with E-state index in [1.165, 1.54) is 6.07 Å². The summed E-state index contributed by atoms with van der Waals surface area (Å²) in [4.78, 5) is 11.6. The summed E-state index contributed by atoms with van der Waals surface area (Å²) in [6.45, 7) is 1.88. The molecule has 0 aliphatic heterocycles. The van der Waals surface area contributed by atoms with Gasteiger partial charge in [-0.05, 0) is 30.2 Å². The fraction of sp³-hybridized carbons (Fsp3) is 0.188. The summed E-state index contributed by atoms with van der Waals surface area (Å²) in [6, 6.07) is 10.0. The van der Waals surface area contributed by atoms with E-state index in [1.807, 2.05) is 25.1 Å². The van der Waals surface area contributed by atoms with Crippen molar-refractivity contribution in [2.45, 2.75) is 13.3 Å². The van der Waals surface area contributed by atoms with E-state index in [-0.39, 0.29) is 6.73 Å². The Morgan fingerprint density at radius 2 is 1.77 bits per heavy atom. The first kappa shape index (κ1) is 15.8. The molecule has 0 bridgehead atoms. The maximum Gasteiger partial charge on any atom is 0.322 e. The molecule has 2 rings (SSSR count). The van der Waals surface area contributed by atoms with E-state index >= 15 is 0 Å². The van der Waals surface area contributed by atoms with E-state index in [9.17, 15) is 13.6 Å². The molecule has 0 spiro atoms. The molecule has 2 N–H and O–H groups in total. The standard InChI is InChI=1S/C16H16F2N2O2/c1-2-11-6-3-4-9-14(11)22-10-19-16(21)20-15-12(17)7-5-8-13(15)18/h3-9H,2,10H2,1H3,(H2,19,20,21). The minimum Gasteiger partial charge on any atom is -0.473 e. The van der Waals surface area contributed by atoms with Crippen LogP contribution in [0.3, 0.4) is 0 Å². The summed E-state index contributed by atoms with van der Waals surface area (Å²) >= 11 is 0. The van der Waals surface area contributed by atoms with Crippen molar-refractivity contribution < 1.29 is 18.3 Å². The number of benzene rings is 2. The number of urea groups is 1. The molecule has 0 heterocycles. The minimum absolute atomic E-state index is 0.112. The van der Waals surface area contributed by atoms with Crippen molar-refractivity contribution in [3.8, 4) is 5.75 Å². The number of anilines is 1. The van der Waals surface area contributed by atoms with E-state index < -0.39 is 23.4 Å². The van der Waals surface area contributed by atoms with Crippen LogP contribution < -0.4 is 15.4 Å². The Bertz CT molecular complexity index is 642. The van der Waals surface area contributed by atoms with Crippen molar-refractivity contribution >= 4 is 11.7 Å². The highest BCUT2D eigenvalue weighted by Crippen LogP contribution is 2.18. The number of hydrogen-bond acceptors (Lipinski definition) is 2. The minimum atomic E-state index is -0.840. The maximum atomic E-state index is 13.4. The number of nitrogens with one attached hydrogen (secondary N) is 2. The maximum absolute atomic E-state index is 13.4. The molecule has 0 fully saturated rings. The SMILES string of the molecule is CCc1ccccc1OCNC(=O)Nc1c(F)cccc1F. The van der Waals surface area contributed by atoms with Crippen LogP contribution in [0.5, 0.6) is 5.75 Å². The number of rotatable bonds is 5. The fourth-order valence-corrected chi connectivity index (χ4v) is 1.89. The van der Waals surface area contributed by atoms with Crippen molar-refractivity contribution in [3.63, 3.8) is 0 Å². The molecular formula is C16H16F2N2O2. The zero-order valence-corrected chi connectivity index (χ0v) is 12.0. The predicted molar refractivity (Wildman–Crippen MR) is 79.8 cm³/mol. The van der Waals surface area contributed by atoms with Crippen LogP contribution in [0.15, 0.2) is 42.5 Å². The summed E-state index contributed by atoms with van der Waals surface area (Å²) < 4.78 is 32.2. The lowest BCUT2D eigenvalue weighted by atomic mass is 10.1. The fourth-order valence-electron chi connectivity index (χ4n) is 1.89. The first-order valence-corrected chi connectivity index (χ1v) is 6.81. The molecular weight excluding hydrogens is 290 g/mol. The zero-order valence-electron chi connectivity index (χ0n) is 12.0. The third-order valence-corrected chi connectivity index (χ3v) is 3.02. The summed E-state index contributed by atoms with van der Waals surface area (Å²) in [5.74, 6) is -1.03. The molecule has 0 aliphatic carbocycles. The van der Waals surface area contributed by atoms with Gasteiger partial charge >= 0.3 is 6.03 Å².